The quantitative estimate of drug-likeness (QED) is 0.693. The van der Waals surface area contributed by atoms with Gasteiger partial charge in [0, 0.05) is 17.9 Å². The molecule has 60 valence electrons. The van der Waals surface area contributed by atoms with Crippen molar-refractivity contribution in [1.82, 2.24) is 4.98 Å². The fourth-order valence-corrected chi connectivity index (χ4v) is 1.08. The molecule has 0 saturated heterocycles. The zero-order valence-electron chi connectivity index (χ0n) is 6.16. The summed E-state index contributed by atoms with van der Waals surface area (Å²) in [5.41, 5.74) is 7.08. The summed E-state index contributed by atoms with van der Waals surface area (Å²) >= 11 is 0. The van der Waals surface area contributed by atoms with Crippen molar-refractivity contribution in [2.45, 2.75) is 18.4 Å². The number of aromatic nitrogens is 1. The van der Waals surface area contributed by atoms with E-state index in [4.69, 9.17) is 5.73 Å². The maximum absolute atomic E-state index is 5.93. The molecule has 0 aliphatic heterocycles. The van der Waals surface area contributed by atoms with E-state index >= 15 is 0 Å². The van der Waals surface area contributed by atoms with Gasteiger partial charge in [-0.3, -0.25) is 4.98 Å². The zero-order valence-corrected chi connectivity index (χ0v) is 6.97. The Bertz CT molecular complexity index is 231. The Kier molecular flexibility index (Phi) is 2.16. The fourth-order valence-electron chi connectivity index (χ4n) is 1.08. The minimum Gasteiger partial charge on any atom is -0.321 e. The van der Waals surface area contributed by atoms with E-state index in [1.807, 2.05) is 18.3 Å². The number of nitrogens with two attached hydrogens (primary N) is 1. The summed E-state index contributed by atoms with van der Waals surface area (Å²) in [7, 11) is 0. The highest BCUT2D eigenvalue weighted by atomic mass is 35.5. The summed E-state index contributed by atoms with van der Waals surface area (Å²) in [5, 5.41) is 0. The zero-order chi connectivity index (χ0) is 7.03. The van der Waals surface area contributed by atoms with Crippen molar-refractivity contribution < 1.29 is 0 Å². The van der Waals surface area contributed by atoms with Crippen LogP contribution in [0, 0.1) is 0 Å². The lowest BCUT2D eigenvalue weighted by Gasteiger charge is -2.05. The Morgan fingerprint density at radius 3 is 2.64 bits per heavy atom. The van der Waals surface area contributed by atoms with Crippen LogP contribution in [0.1, 0.15) is 18.4 Å². The molecule has 0 bridgehead atoms. The van der Waals surface area contributed by atoms with E-state index in [1.54, 1.807) is 6.20 Å². The third-order valence-electron chi connectivity index (χ3n) is 2.03. The molecule has 0 spiro atoms. The molecule has 0 atom stereocenters. The molecule has 1 fully saturated rings. The molecule has 0 aromatic carbocycles. The molecule has 3 heteroatoms. The molecule has 1 aliphatic rings. The monoisotopic (exact) mass is 170 g/mol. The minimum absolute atomic E-state index is 0. The lowest BCUT2D eigenvalue weighted by Crippen LogP contribution is -2.18. The average Bonchev–Trinajstić information content (AvgIpc) is 2.72. The maximum Gasteiger partial charge on any atom is 0.0426 e. The van der Waals surface area contributed by atoms with Crippen molar-refractivity contribution in [2.75, 3.05) is 0 Å². The van der Waals surface area contributed by atoms with E-state index in [1.165, 1.54) is 5.56 Å². The summed E-state index contributed by atoms with van der Waals surface area (Å²) < 4.78 is 0. The molecule has 1 saturated carbocycles. The van der Waals surface area contributed by atoms with Gasteiger partial charge in [0.25, 0.3) is 0 Å². The van der Waals surface area contributed by atoms with E-state index in [0.29, 0.717) is 0 Å². The first-order valence-corrected chi connectivity index (χ1v) is 3.51. The van der Waals surface area contributed by atoms with Crippen LogP contribution in [-0.4, -0.2) is 4.98 Å². The SMILES string of the molecule is Cl.NC1(c2cccnc2)CC1. The lowest BCUT2D eigenvalue weighted by molar-refractivity contribution is 0.735. The van der Waals surface area contributed by atoms with Crippen LogP contribution in [0.2, 0.25) is 0 Å². The van der Waals surface area contributed by atoms with Crippen molar-refractivity contribution in [3.8, 4) is 0 Å². The van der Waals surface area contributed by atoms with Gasteiger partial charge in [-0.25, -0.2) is 0 Å². The van der Waals surface area contributed by atoms with Crippen molar-refractivity contribution in [3.63, 3.8) is 0 Å². The van der Waals surface area contributed by atoms with Crippen LogP contribution < -0.4 is 5.73 Å². The molecule has 0 unspecified atom stereocenters. The second kappa shape index (κ2) is 2.80. The maximum atomic E-state index is 5.93. The third-order valence-corrected chi connectivity index (χ3v) is 2.03. The molecule has 0 amide bonds. The number of rotatable bonds is 1. The summed E-state index contributed by atoms with van der Waals surface area (Å²) in [6.45, 7) is 0. The van der Waals surface area contributed by atoms with Crippen LogP contribution in [0.15, 0.2) is 24.5 Å². The van der Waals surface area contributed by atoms with Crippen molar-refractivity contribution in [1.29, 1.82) is 0 Å². The van der Waals surface area contributed by atoms with Gasteiger partial charge in [-0.15, -0.1) is 12.4 Å². The van der Waals surface area contributed by atoms with Crippen LogP contribution in [0.4, 0.5) is 0 Å². The summed E-state index contributed by atoms with van der Waals surface area (Å²) in [5.74, 6) is 0. The van der Waals surface area contributed by atoms with E-state index in [2.05, 4.69) is 4.98 Å². The molecule has 2 N–H and O–H groups in total. The molecule has 2 nitrogen and oxygen atoms in total. The molecule has 1 aliphatic carbocycles. The van der Waals surface area contributed by atoms with Gasteiger partial charge in [0.05, 0.1) is 0 Å². The van der Waals surface area contributed by atoms with Crippen molar-refractivity contribution in [2.24, 2.45) is 5.73 Å². The highest BCUT2D eigenvalue weighted by molar-refractivity contribution is 5.85. The molecule has 1 aromatic rings. The first-order valence-electron chi connectivity index (χ1n) is 3.51. The van der Waals surface area contributed by atoms with Crippen molar-refractivity contribution in [3.05, 3.63) is 30.1 Å². The molecule has 11 heavy (non-hydrogen) atoms. The number of pyridine rings is 1. The lowest BCUT2D eigenvalue weighted by atomic mass is 10.1. The number of nitrogens with zero attached hydrogens (tertiary/aromatic N) is 1. The topological polar surface area (TPSA) is 38.9 Å². The standard InChI is InChI=1S/C8H10N2.ClH/c9-8(3-4-8)7-2-1-5-10-6-7;/h1-2,5-6H,3-4,9H2;1H. The van der Waals surface area contributed by atoms with Crippen LogP contribution in [0.25, 0.3) is 0 Å². The number of hydrogen-bond donors (Lipinski definition) is 1. The number of halogens is 1. The van der Waals surface area contributed by atoms with E-state index < -0.39 is 0 Å². The van der Waals surface area contributed by atoms with Gasteiger partial charge in [0.2, 0.25) is 0 Å². The predicted molar refractivity (Wildman–Crippen MR) is 46.6 cm³/mol. The van der Waals surface area contributed by atoms with Crippen LogP contribution >= 0.6 is 12.4 Å². The largest absolute Gasteiger partial charge is 0.321 e. The average molecular weight is 171 g/mol. The first kappa shape index (κ1) is 8.50. The Hall–Kier alpha value is -0.600. The minimum atomic E-state index is -0.0196. The molecular formula is C8H11ClN2. The smallest absolute Gasteiger partial charge is 0.0426 e. The van der Waals surface area contributed by atoms with E-state index in [-0.39, 0.29) is 17.9 Å². The molecule has 0 radical (unpaired) electrons. The summed E-state index contributed by atoms with van der Waals surface area (Å²) in [6, 6.07) is 3.97. The normalized spacial score (nSPS) is 18.6. The Morgan fingerprint density at radius 2 is 2.18 bits per heavy atom. The summed E-state index contributed by atoms with van der Waals surface area (Å²) in [6.07, 6.45) is 5.85. The van der Waals surface area contributed by atoms with Gasteiger partial charge >= 0.3 is 0 Å². The Labute approximate surface area is 72.2 Å². The Balaban J connectivity index is 0.000000605. The van der Waals surface area contributed by atoms with E-state index in [0.717, 1.165) is 12.8 Å². The van der Waals surface area contributed by atoms with Crippen LogP contribution in [-0.2, 0) is 5.54 Å². The van der Waals surface area contributed by atoms with Crippen molar-refractivity contribution >= 4 is 12.4 Å². The van der Waals surface area contributed by atoms with Gasteiger partial charge in [0.15, 0.2) is 0 Å². The number of hydrogen-bond acceptors (Lipinski definition) is 2. The van der Waals surface area contributed by atoms with Gasteiger partial charge in [-0.2, -0.15) is 0 Å². The van der Waals surface area contributed by atoms with Crippen LogP contribution in [0.3, 0.4) is 0 Å². The van der Waals surface area contributed by atoms with E-state index in [9.17, 15) is 0 Å². The van der Waals surface area contributed by atoms with Gasteiger partial charge in [0.1, 0.15) is 0 Å². The van der Waals surface area contributed by atoms with Gasteiger partial charge < -0.3 is 5.73 Å². The second-order valence-electron chi connectivity index (χ2n) is 2.90. The molecule has 2 rings (SSSR count). The highest BCUT2D eigenvalue weighted by Gasteiger charge is 2.39. The predicted octanol–water partition coefficient (Wildman–Crippen LogP) is 1.45. The second-order valence-corrected chi connectivity index (χ2v) is 2.90. The molecule has 1 aromatic heterocycles. The first-order chi connectivity index (χ1) is 4.81. The third kappa shape index (κ3) is 1.52. The molecule has 1 heterocycles. The summed E-state index contributed by atoms with van der Waals surface area (Å²) in [4.78, 5) is 4.01. The van der Waals surface area contributed by atoms with Gasteiger partial charge in [-0.05, 0) is 24.5 Å². The fraction of sp³-hybridized carbons (Fsp3) is 0.375. The molecular weight excluding hydrogens is 160 g/mol. The highest BCUT2D eigenvalue weighted by Crippen LogP contribution is 2.41. The van der Waals surface area contributed by atoms with Gasteiger partial charge in [-0.1, -0.05) is 6.07 Å². The Morgan fingerprint density at radius 1 is 1.45 bits per heavy atom. The van der Waals surface area contributed by atoms with Crippen LogP contribution in [0.5, 0.6) is 0 Å².